The normalized spacial score (nSPS) is 53.5. The van der Waals surface area contributed by atoms with Gasteiger partial charge in [0.1, 0.15) is 7.85 Å². The fourth-order valence-electron chi connectivity index (χ4n) is 5.39. The van der Waals surface area contributed by atoms with Gasteiger partial charge in [-0.25, -0.2) is 0 Å². The molecule has 4 saturated carbocycles. The van der Waals surface area contributed by atoms with Crippen LogP contribution >= 0.6 is 0 Å². The zero-order valence-corrected chi connectivity index (χ0v) is 10.8. The molecular formula is C14H25B. The van der Waals surface area contributed by atoms with E-state index in [1.54, 1.807) is 32.1 Å². The molecule has 4 aliphatic rings. The number of hydrogen-bond donors (Lipinski definition) is 0. The Labute approximate surface area is 95.6 Å². The molecule has 1 heteroatoms. The molecule has 15 heavy (non-hydrogen) atoms. The van der Waals surface area contributed by atoms with Crippen LogP contribution in [0.3, 0.4) is 0 Å². The van der Waals surface area contributed by atoms with Gasteiger partial charge in [0.25, 0.3) is 0 Å². The van der Waals surface area contributed by atoms with Gasteiger partial charge >= 0.3 is 0 Å². The van der Waals surface area contributed by atoms with Crippen molar-refractivity contribution in [1.82, 2.24) is 0 Å². The maximum atomic E-state index is 2.61. The van der Waals surface area contributed by atoms with E-state index in [1.165, 1.54) is 0 Å². The van der Waals surface area contributed by atoms with Crippen LogP contribution in [-0.4, -0.2) is 7.85 Å². The van der Waals surface area contributed by atoms with Gasteiger partial charge in [-0.3, -0.25) is 0 Å². The van der Waals surface area contributed by atoms with E-state index in [-0.39, 0.29) is 0 Å². The molecule has 0 heterocycles. The van der Waals surface area contributed by atoms with Gasteiger partial charge in [-0.2, -0.15) is 0 Å². The molecule has 0 aromatic heterocycles. The number of hydrogen-bond acceptors (Lipinski definition) is 0. The summed E-state index contributed by atoms with van der Waals surface area (Å²) < 4.78 is 0. The predicted molar refractivity (Wildman–Crippen MR) is 67.7 cm³/mol. The van der Waals surface area contributed by atoms with E-state index in [0.717, 1.165) is 23.7 Å². The second-order valence-corrected chi connectivity index (χ2v) is 7.84. The van der Waals surface area contributed by atoms with Crippen molar-refractivity contribution in [2.45, 2.75) is 58.2 Å². The molecule has 84 valence electrons. The van der Waals surface area contributed by atoms with Gasteiger partial charge in [0.2, 0.25) is 0 Å². The summed E-state index contributed by atoms with van der Waals surface area (Å²) >= 11 is 0. The lowest BCUT2D eigenvalue weighted by Crippen LogP contribution is -2.54. The third-order valence-electron chi connectivity index (χ3n) is 6.45. The Bertz CT molecular complexity index is 246. The molecule has 0 aliphatic heterocycles. The summed E-state index contributed by atoms with van der Waals surface area (Å²) in [7, 11) is 2.61. The van der Waals surface area contributed by atoms with Crippen LogP contribution in [0.4, 0.5) is 0 Å². The van der Waals surface area contributed by atoms with Crippen molar-refractivity contribution in [2.24, 2.45) is 29.1 Å². The van der Waals surface area contributed by atoms with Gasteiger partial charge in [-0.15, -0.1) is 0 Å². The van der Waals surface area contributed by atoms with E-state index in [4.69, 9.17) is 0 Å². The molecule has 0 aromatic rings. The molecule has 0 atom stereocenters. The Morgan fingerprint density at radius 1 is 0.867 bits per heavy atom. The molecule has 4 rings (SSSR count). The zero-order valence-electron chi connectivity index (χ0n) is 10.8. The van der Waals surface area contributed by atoms with Gasteiger partial charge in [0, 0.05) is 0 Å². The van der Waals surface area contributed by atoms with Crippen molar-refractivity contribution in [3.05, 3.63) is 0 Å². The van der Waals surface area contributed by atoms with Crippen LogP contribution in [-0.2, 0) is 0 Å². The molecule has 0 radical (unpaired) electrons. The summed E-state index contributed by atoms with van der Waals surface area (Å²) in [6.07, 6.45) is 7.80. The van der Waals surface area contributed by atoms with Crippen LogP contribution in [0.15, 0.2) is 0 Å². The maximum Gasteiger partial charge on any atom is 0.110 e. The first-order valence-electron chi connectivity index (χ1n) is 6.91. The Kier molecular flexibility index (Phi) is 1.94. The summed E-state index contributed by atoms with van der Waals surface area (Å²) in [5.74, 6) is 4.33. The molecule has 4 fully saturated rings. The van der Waals surface area contributed by atoms with Crippen molar-refractivity contribution in [3.8, 4) is 0 Å². The summed E-state index contributed by atoms with van der Waals surface area (Å²) in [5, 5.41) is 0.639. The minimum Gasteiger partial charge on any atom is -0.0603 e. The van der Waals surface area contributed by atoms with Crippen LogP contribution in [0.1, 0.15) is 52.9 Å². The summed E-state index contributed by atoms with van der Waals surface area (Å²) in [4.78, 5) is 0. The van der Waals surface area contributed by atoms with Gasteiger partial charge in [-0.1, -0.05) is 20.8 Å². The van der Waals surface area contributed by atoms with Crippen molar-refractivity contribution >= 4 is 7.85 Å². The second-order valence-electron chi connectivity index (χ2n) is 7.84. The Morgan fingerprint density at radius 2 is 1.27 bits per heavy atom. The first-order chi connectivity index (χ1) is 6.91. The molecule has 0 N–H and O–H groups in total. The monoisotopic (exact) mass is 204 g/mol. The average molecular weight is 204 g/mol. The molecule has 0 unspecified atom stereocenters. The van der Waals surface area contributed by atoms with E-state index in [9.17, 15) is 0 Å². The minimum atomic E-state index is 0.510. The van der Waals surface area contributed by atoms with Gasteiger partial charge in [-0.05, 0) is 66.5 Å². The van der Waals surface area contributed by atoms with Crippen molar-refractivity contribution < 1.29 is 0 Å². The fourth-order valence-corrected chi connectivity index (χ4v) is 5.39. The van der Waals surface area contributed by atoms with Crippen LogP contribution in [0.5, 0.6) is 0 Å². The van der Waals surface area contributed by atoms with Gasteiger partial charge in [0.05, 0.1) is 0 Å². The van der Waals surface area contributed by atoms with E-state index in [0.29, 0.717) is 10.7 Å². The maximum absolute atomic E-state index is 2.61. The van der Waals surface area contributed by atoms with Gasteiger partial charge in [0.15, 0.2) is 0 Å². The van der Waals surface area contributed by atoms with E-state index < -0.39 is 0 Å². The first-order valence-corrected chi connectivity index (χ1v) is 6.91. The summed E-state index contributed by atoms with van der Waals surface area (Å²) in [6, 6.07) is 0. The molecule has 0 saturated heterocycles. The highest BCUT2D eigenvalue weighted by Gasteiger charge is 2.58. The highest BCUT2D eigenvalue weighted by molar-refractivity contribution is 6.16. The highest BCUT2D eigenvalue weighted by Crippen LogP contribution is 2.70. The quantitative estimate of drug-likeness (QED) is 0.531. The zero-order chi connectivity index (χ0) is 10.8. The fraction of sp³-hybridized carbons (Fsp3) is 1.00. The topological polar surface area (TPSA) is 0 Å². The van der Waals surface area contributed by atoms with Crippen LogP contribution in [0.2, 0.25) is 5.31 Å². The van der Waals surface area contributed by atoms with Crippen LogP contribution in [0.25, 0.3) is 0 Å². The molecular weight excluding hydrogens is 179 g/mol. The summed E-state index contributed by atoms with van der Waals surface area (Å²) in [5.41, 5.74) is 0.510. The Hall–Kier alpha value is 0.0649. The van der Waals surface area contributed by atoms with Gasteiger partial charge < -0.3 is 0 Å². The minimum absolute atomic E-state index is 0.510. The first kappa shape index (κ1) is 10.2. The van der Waals surface area contributed by atoms with Crippen molar-refractivity contribution in [1.29, 1.82) is 0 Å². The highest BCUT2D eigenvalue weighted by atomic mass is 14.6. The standard InChI is InChI=1S/C14H25B/c1-13(2,3)14(15)11-5-9-4-10(7-11)8-12(14)6-9/h9-12H,4-8,15H2,1-3H3. The van der Waals surface area contributed by atoms with Crippen LogP contribution in [0, 0.1) is 29.1 Å². The smallest absolute Gasteiger partial charge is 0.0603 e. The second kappa shape index (κ2) is 2.84. The largest absolute Gasteiger partial charge is 0.110 e. The molecule has 0 amide bonds. The van der Waals surface area contributed by atoms with Crippen molar-refractivity contribution in [2.75, 3.05) is 0 Å². The van der Waals surface area contributed by atoms with Crippen LogP contribution < -0.4 is 0 Å². The lowest BCUT2D eigenvalue weighted by molar-refractivity contribution is -0.0674. The molecule has 0 spiro atoms. The molecule has 4 aliphatic carbocycles. The van der Waals surface area contributed by atoms with Crippen molar-refractivity contribution in [3.63, 3.8) is 0 Å². The molecule has 4 bridgehead atoms. The predicted octanol–water partition coefficient (Wildman–Crippen LogP) is 3.28. The third kappa shape index (κ3) is 1.21. The van der Waals surface area contributed by atoms with E-state index in [1.807, 2.05) is 0 Å². The summed E-state index contributed by atoms with van der Waals surface area (Å²) in [6.45, 7) is 7.44. The Morgan fingerprint density at radius 3 is 1.60 bits per heavy atom. The molecule has 0 aromatic carbocycles. The van der Waals surface area contributed by atoms with E-state index in [2.05, 4.69) is 28.6 Å². The SMILES string of the molecule is BC1(C(C)(C)C)C2CC3CC(C2)CC1C3. The van der Waals surface area contributed by atoms with E-state index >= 15 is 0 Å². The number of rotatable bonds is 0. The third-order valence-corrected chi connectivity index (χ3v) is 6.45. The lowest BCUT2D eigenvalue weighted by atomic mass is 9.33. The lowest BCUT2D eigenvalue weighted by Gasteiger charge is -2.65. The Balaban J connectivity index is 1.98. The molecule has 0 nitrogen and oxygen atoms in total. The average Bonchev–Trinajstić information content (AvgIpc) is 2.10.